The standard InChI is InChI=1S/C24H21NO2/c26-24(27)22-20-14-8-7-9-17(20)15-16-21(22)25-23(18-10-3-1-4-11-18)19-12-5-2-6-13-19/h1-6,10-13,15-16H,7-9,14H2,(H,26,27). The van der Waals surface area contributed by atoms with Gasteiger partial charge in [-0.15, -0.1) is 0 Å². The number of benzene rings is 3. The van der Waals surface area contributed by atoms with Crippen molar-refractivity contribution >= 4 is 17.4 Å². The summed E-state index contributed by atoms with van der Waals surface area (Å²) < 4.78 is 0. The second kappa shape index (κ2) is 7.58. The molecule has 4 rings (SSSR count). The van der Waals surface area contributed by atoms with Crippen LogP contribution in [0.5, 0.6) is 0 Å². The molecule has 0 saturated heterocycles. The average molecular weight is 355 g/mol. The molecule has 27 heavy (non-hydrogen) atoms. The lowest BCUT2D eigenvalue weighted by atomic mass is 9.87. The summed E-state index contributed by atoms with van der Waals surface area (Å²) in [7, 11) is 0. The molecule has 1 N–H and O–H groups in total. The third kappa shape index (κ3) is 3.54. The Hall–Kier alpha value is -3.20. The van der Waals surface area contributed by atoms with Gasteiger partial charge in [-0.25, -0.2) is 9.79 Å². The molecule has 1 aliphatic rings. The van der Waals surface area contributed by atoms with E-state index >= 15 is 0 Å². The monoisotopic (exact) mass is 355 g/mol. The van der Waals surface area contributed by atoms with Crippen LogP contribution in [0.25, 0.3) is 0 Å². The van der Waals surface area contributed by atoms with Gasteiger partial charge in [0.05, 0.1) is 17.0 Å². The first-order chi connectivity index (χ1) is 13.2. The fourth-order valence-electron chi connectivity index (χ4n) is 3.76. The van der Waals surface area contributed by atoms with Gasteiger partial charge < -0.3 is 5.11 Å². The summed E-state index contributed by atoms with van der Waals surface area (Å²) in [4.78, 5) is 16.9. The van der Waals surface area contributed by atoms with E-state index in [9.17, 15) is 9.90 Å². The normalized spacial score (nSPS) is 12.9. The molecular formula is C24H21NO2. The quantitative estimate of drug-likeness (QED) is 0.634. The molecule has 0 spiro atoms. The zero-order valence-corrected chi connectivity index (χ0v) is 15.1. The number of aliphatic imine (C=N–C) groups is 1. The number of hydrogen-bond acceptors (Lipinski definition) is 2. The number of aryl methyl sites for hydroxylation is 1. The molecule has 0 bridgehead atoms. The van der Waals surface area contributed by atoms with Crippen LogP contribution < -0.4 is 0 Å². The second-order valence-corrected chi connectivity index (χ2v) is 6.80. The van der Waals surface area contributed by atoms with E-state index in [4.69, 9.17) is 4.99 Å². The Kier molecular flexibility index (Phi) is 4.84. The summed E-state index contributed by atoms with van der Waals surface area (Å²) in [5.41, 5.74) is 5.72. The van der Waals surface area contributed by atoms with Gasteiger partial charge in [0, 0.05) is 11.1 Å². The van der Waals surface area contributed by atoms with E-state index in [0.29, 0.717) is 11.3 Å². The van der Waals surface area contributed by atoms with Gasteiger partial charge in [0.25, 0.3) is 0 Å². The molecule has 0 heterocycles. The summed E-state index contributed by atoms with van der Waals surface area (Å²) in [5, 5.41) is 9.91. The predicted octanol–water partition coefficient (Wildman–Crippen LogP) is 5.43. The number of nitrogens with zero attached hydrogens (tertiary/aromatic N) is 1. The summed E-state index contributed by atoms with van der Waals surface area (Å²) in [6, 6.07) is 23.7. The molecule has 3 nitrogen and oxygen atoms in total. The first kappa shape index (κ1) is 17.2. The third-order valence-electron chi connectivity index (χ3n) is 5.05. The summed E-state index contributed by atoms with van der Waals surface area (Å²) in [6.45, 7) is 0. The van der Waals surface area contributed by atoms with Crippen LogP contribution in [-0.4, -0.2) is 16.8 Å². The van der Waals surface area contributed by atoms with Crippen molar-refractivity contribution in [2.75, 3.05) is 0 Å². The van der Waals surface area contributed by atoms with Crippen LogP contribution in [0.2, 0.25) is 0 Å². The Morgan fingerprint density at radius 3 is 1.96 bits per heavy atom. The molecule has 0 atom stereocenters. The van der Waals surface area contributed by atoms with Crippen molar-refractivity contribution in [3.05, 3.63) is 101 Å². The SMILES string of the molecule is O=C(O)c1c(N=C(c2ccccc2)c2ccccc2)ccc2c1CCCC2. The highest BCUT2D eigenvalue weighted by Gasteiger charge is 2.21. The minimum Gasteiger partial charge on any atom is -0.478 e. The van der Waals surface area contributed by atoms with Crippen LogP contribution in [0.3, 0.4) is 0 Å². The highest BCUT2D eigenvalue weighted by Crippen LogP contribution is 2.32. The highest BCUT2D eigenvalue weighted by molar-refractivity contribution is 6.14. The molecule has 1 aliphatic carbocycles. The summed E-state index contributed by atoms with van der Waals surface area (Å²) in [6.07, 6.45) is 3.91. The van der Waals surface area contributed by atoms with Gasteiger partial charge in [-0.3, -0.25) is 0 Å². The zero-order chi connectivity index (χ0) is 18.6. The average Bonchev–Trinajstić information content (AvgIpc) is 2.72. The van der Waals surface area contributed by atoms with E-state index in [0.717, 1.165) is 53.6 Å². The number of carboxylic acids is 1. The predicted molar refractivity (Wildman–Crippen MR) is 108 cm³/mol. The van der Waals surface area contributed by atoms with Gasteiger partial charge >= 0.3 is 5.97 Å². The van der Waals surface area contributed by atoms with Gasteiger partial charge in [-0.05, 0) is 42.9 Å². The zero-order valence-electron chi connectivity index (χ0n) is 15.1. The second-order valence-electron chi connectivity index (χ2n) is 6.80. The molecule has 0 aromatic heterocycles. The van der Waals surface area contributed by atoms with Gasteiger partial charge in [-0.2, -0.15) is 0 Å². The molecule has 0 saturated carbocycles. The van der Waals surface area contributed by atoms with Crippen LogP contribution in [0.4, 0.5) is 5.69 Å². The Labute approximate surface area is 159 Å². The Morgan fingerprint density at radius 1 is 0.778 bits per heavy atom. The summed E-state index contributed by atoms with van der Waals surface area (Å²) >= 11 is 0. The van der Waals surface area contributed by atoms with Crippen LogP contribution in [-0.2, 0) is 12.8 Å². The molecular weight excluding hydrogens is 334 g/mol. The number of hydrogen-bond donors (Lipinski definition) is 1. The van der Waals surface area contributed by atoms with Crippen LogP contribution in [0, 0.1) is 0 Å². The van der Waals surface area contributed by atoms with E-state index in [1.54, 1.807) is 0 Å². The fraction of sp³-hybridized carbons (Fsp3) is 0.167. The first-order valence-corrected chi connectivity index (χ1v) is 9.31. The van der Waals surface area contributed by atoms with Crippen molar-refractivity contribution in [2.24, 2.45) is 4.99 Å². The van der Waals surface area contributed by atoms with Crippen LogP contribution in [0.1, 0.15) is 45.5 Å². The Morgan fingerprint density at radius 2 is 1.37 bits per heavy atom. The molecule has 0 radical (unpaired) electrons. The van der Waals surface area contributed by atoms with Gasteiger partial charge in [0.15, 0.2) is 0 Å². The minimum absolute atomic E-state index is 0.358. The summed E-state index contributed by atoms with van der Waals surface area (Å²) in [5.74, 6) is -0.895. The van der Waals surface area contributed by atoms with Crippen molar-refractivity contribution < 1.29 is 9.90 Å². The number of rotatable bonds is 4. The highest BCUT2D eigenvalue weighted by atomic mass is 16.4. The third-order valence-corrected chi connectivity index (χ3v) is 5.05. The molecule has 0 unspecified atom stereocenters. The Balaban J connectivity index is 1.92. The smallest absolute Gasteiger partial charge is 0.338 e. The maximum atomic E-state index is 12.1. The number of carboxylic acid groups (broad SMARTS) is 1. The van der Waals surface area contributed by atoms with Crippen LogP contribution >= 0.6 is 0 Å². The topological polar surface area (TPSA) is 49.7 Å². The first-order valence-electron chi connectivity index (χ1n) is 9.31. The molecule has 0 amide bonds. The Bertz CT molecular complexity index is 950. The lowest BCUT2D eigenvalue weighted by Crippen LogP contribution is -2.11. The maximum Gasteiger partial charge on any atom is 0.338 e. The number of fused-ring (bicyclic) bond motifs is 1. The van der Waals surface area contributed by atoms with E-state index in [-0.39, 0.29) is 0 Å². The van der Waals surface area contributed by atoms with Gasteiger partial charge in [-0.1, -0.05) is 66.7 Å². The molecule has 3 aromatic rings. The minimum atomic E-state index is -0.895. The molecule has 0 fully saturated rings. The van der Waals surface area contributed by atoms with Crippen molar-refractivity contribution in [1.82, 2.24) is 0 Å². The van der Waals surface area contributed by atoms with E-state index < -0.39 is 5.97 Å². The lowest BCUT2D eigenvalue weighted by Gasteiger charge is -2.19. The van der Waals surface area contributed by atoms with Gasteiger partial charge in [0.1, 0.15) is 0 Å². The van der Waals surface area contributed by atoms with Crippen molar-refractivity contribution in [3.63, 3.8) is 0 Å². The fourth-order valence-corrected chi connectivity index (χ4v) is 3.76. The van der Waals surface area contributed by atoms with E-state index in [1.165, 1.54) is 0 Å². The maximum absolute atomic E-state index is 12.1. The van der Waals surface area contributed by atoms with Crippen molar-refractivity contribution in [1.29, 1.82) is 0 Å². The van der Waals surface area contributed by atoms with Gasteiger partial charge in [0.2, 0.25) is 0 Å². The number of carbonyl (C=O) groups is 1. The van der Waals surface area contributed by atoms with E-state index in [1.807, 2.05) is 72.8 Å². The van der Waals surface area contributed by atoms with Crippen LogP contribution in [0.15, 0.2) is 77.8 Å². The van der Waals surface area contributed by atoms with Crippen molar-refractivity contribution in [2.45, 2.75) is 25.7 Å². The molecule has 0 aliphatic heterocycles. The molecule has 134 valence electrons. The van der Waals surface area contributed by atoms with Crippen molar-refractivity contribution in [3.8, 4) is 0 Å². The number of aromatic carboxylic acids is 1. The molecule has 3 heteroatoms. The van der Waals surface area contributed by atoms with E-state index in [2.05, 4.69) is 0 Å². The lowest BCUT2D eigenvalue weighted by molar-refractivity contribution is 0.0696. The largest absolute Gasteiger partial charge is 0.478 e. The molecule has 3 aromatic carbocycles.